The first kappa shape index (κ1) is 61.8. The summed E-state index contributed by atoms with van der Waals surface area (Å²) in [6, 6.07) is 118. The Hall–Kier alpha value is -10.4. The third-order valence-corrected chi connectivity index (χ3v) is 19.3. The molecule has 0 unspecified atom stereocenters. The lowest BCUT2D eigenvalue weighted by molar-refractivity contribution is 0.660. The zero-order valence-electron chi connectivity index (χ0n) is 53.7. The summed E-state index contributed by atoms with van der Waals surface area (Å²) in [5.41, 5.74) is 30.4. The topological polar surface area (TPSA) is 0 Å². The van der Waals surface area contributed by atoms with Crippen LogP contribution in [-0.2, 0) is 16.2 Å². The van der Waals surface area contributed by atoms with Crippen molar-refractivity contribution in [1.82, 2.24) is 0 Å². The van der Waals surface area contributed by atoms with Gasteiger partial charge in [0, 0.05) is 10.8 Å². The molecule has 1 spiro atoms. The van der Waals surface area contributed by atoms with Crippen molar-refractivity contribution in [2.75, 3.05) is 0 Å². The summed E-state index contributed by atoms with van der Waals surface area (Å²) in [6.07, 6.45) is 0. The molecular weight excluding hydrogens is 1110 g/mol. The number of benzene rings is 14. The van der Waals surface area contributed by atoms with Gasteiger partial charge in [-0.25, -0.2) is 0 Å². The summed E-state index contributed by atoms with van der Waals surface area (Å²) in [6.45, 7) is 17.7. The van der Waals surface area contributed by atoms with E-state index >= 15 is 0 Å². The minimum absolute atomic E-state index is 0. The molecule has 0 heteroatoms. The van der Waals surface area contributed by atoms with E-state index in [1.165, 1.54) is 144 Å². The molecule has 0 atom stereocenters. The third kappa shape index (κ3) is 11.3. The molecular formula is C92H82. The van der Waals surface area contributed by atoms with Crippen molar-refractivity contribution in [3.8, 4) is 44.5 Å². The van der Waals surface area contributed by atoms with Crippen LogP contribution in [0, 0.1) is 34.6 Å². The number of hydrogen-bond acceptors (Lipinski definition) is 0. The van der Waals surface area contributed by atoms with Gasteiger partial charge in [0.2, 0.25) is 0 Å². The highest BCUT2D eigenvalue weighted by Gasteiger charge is 2.51. The lowest BCUT2D eigenvalue weighted by atomic mass is 9.70. The van der Waals surface area contributed by atoms with Crippen molar-refractivity contribution in [2.24, 2.45) is 0 Å². The second kappa shape index (κ2) is 26.2. The lowest BCUT2D eigenvalue weighted by Gasteiger charge is -2.30. The summed E-state index contributed by atoms with van der Waals surface area (Å²) in [4.78, 5) is 0. The Bertz CT molecular complexity index is 4800. The van der Waals surface area contributed by atoms with Crippen LogP contribution >= 0.6 is 0 Å². The molecule has 14 aromatic rings. The Labute approximate surface area is 547 Å². The van der Waals surface area contributed by atoms with Crippen LogP contribution in [0.15, 0.2) is 328 Å². The van der Waals surface area contributed by atoms with E-state index in [0.717, 1.165) is 0 Å². The minimum Gasteiger partial charge on any atom is -0.0776 e. The second-order valence-electron chi connectivity index (χ2n) is 25.5. The standard InChI is InChI=1S/C26H18.C20H16.C16H16.2C11H10.C7H8.CH4/c1-17-14-15-21-20-10-4-7-13-24(20)26(25(21)16-17)22-11-5-2-8-18(22)19-9-3-6-12-23(19)26;1-20(15-9-3-2-4-10-15)18-13-7-5-11-16(18)17-12-6-8-14-19(17)20;1-11-8-9-13-12-6-4-5-7-14(12)16(2,3)15(13)10-11;1-9-5-4-7-10-6-2-3-8-11(9)10;1-9-6-7-10-4-2-3-5-11(10)8-9;1-7-5-3-2-4-6-7;/h2-16H,1H3;2-14H,1H3;4-10H,1-3H3;2*2-8H,1H3;2-6H,1H3;1H4. The minimum atomic E-state index is -0.189. The van der Waals surface area contributed by atoms with Gasteiger partial charge < -0.3 is 0 Å². The van der Waals surface area contributed by atoms with E-state index in [1.54, 1.807) is 0 Å². The van der Waals surface area contributed by atoms with Crippen LogP contribution < -0.4 is 0 Å². The smallest absolute Gasteiger partial charge is 0.0725 e. The predicted molar refractivity (Wildman–Crippen MR) is 395 cm³/mol. The molecule has 0 aromatic heterocycles. The van der Waals surface area contributed by atoms with Gasteiger partial charge in [-0.3, -0.25) is 0 Å². The van der Waals surface area contributed by atoms with E-state index < -0.39 is 0 Å². The molecule has 0 N–H and O–H groups in total. The first-order chi connectivity index (χ1) is 44.4. The lowest BCUT2D eigenvalue weighted by Crippen LogP contribution is -2.25. The Balaban J connectivity index is 0.000000111. The van der Waals surface area contributed by atoms with Crippen LogP contribution in [-0.4, -0.2) is 0 Å². The van der Waals surface area contributed by atoms with Gasteiger partial charge in [0.15, 0.2) is 0 Å². The Morgan fingerprint density at radius 2 is 0.565 bits per heavy atom. The van der Waals surface area contributed by atoms with Gasteiger partial charge in [0.05, 0.1) is 5.41 Å². The first-order valence-corrected chi connectivity index (χ1v) is 32.1. The Morgan fingerprint density at radius 3 is 1.07 bits per heavy atom. The van der Waals surface area contributed by atoms with Crippen molar-refractivity contribution in [3.05, 3.63) is 405 Å². The zero-order valence-corrected chi connectivity index (χ0v) is 53.7. The number of rotatable bonds is 1. The van der Waals surface area contributed by atoms with Gasteiger partial charge in [-0.2, -0.15) is 0 Å². The number of hydrogen-bond donors (Lipinski definition) is 0. The quantitative estimate of drug-likeness (QED) is 0.154. The molecule has 0 fully saturated rings. The Kier molecular flexibility index (Phi) is 17.6. The largest absolute Gasteiger partial charge is 0.0776 e. The molecule has 0 amide bonds. The molecule has 0 radical (unpaired) electrons. The fourth-order valence-electron chi connectivity index (χ4n) is 14.8. The molecule has 0 heterocycles. The molecule has 0 aliphatic heterocycles. The van der Waals surface area contributed by atoms with Crippen molar-refractivity contribution in [2.45, 2.75) is 79.1 Å². The molecule has 450 valence electrons. The van der Waals surface area contributed by atoms with Crippen LogP contribution in [0.3, 0.4) is 0 Å². The van der Waals surface area contributed by atoms with E-state index in [9.17, 15) is 0 Å². The maximum absolute atomic E-state index is 2.40. The van der Waals surface area contributed by atoms with Crippen molar-refractivity contribution < 1.29 is 0 Å². The fraction of sp³-hybridized carbons (Fsp3) is 0.130. The van der Waals surface area contributed by atoms with E-state index in [2.05, 4.69) is 365 Å². The van der Waals surface area contributed by atoms with E-state index in [-0.39, 0.29) is 23.7 Å². The van der Waals surface area contributed by atoms with Gasteiger partial charge >= 0.3 is 0 Å². The van der Waals surface area contributed by atoms with Crippen LogP contribution in [0.25, 0.3) is 66.1 Å². The fourth-order valence-corrected chi connectivity index (χ4v) is 14.8. The summed E-state index contributed by atoms with van der Waals surface area (Å²) in [7, 11) is 0. The normalized spacial score (nSPS) is 13.2. The van der Waals surface area contributed by atoms with E-state index in [4.69, 9.17) is 0 Å². The molecule has 0 bridgehead atoms. The van der Waals surface area contributed by atoms with Crippen LogP contribution in [0.1, 0.15) is 106 Å². The summed E-state index contributed by atoms with van der Waals surface area (Å²) < 4.78 is 0. The summed E-state index contributed by atoms with van der Waals surface area (Å²) >= 11 is 0. The van der Waals surface area contributed by atoms with Gasteiger partial charge in [0.25, 0.3) is 0 Å². The number of fused-ring (bicyclic) bond motifs is 18. The van der Waals surface area contributed by atoms with Gasteiger partial charge in [-0.05, 0) is 163 Å². The molecule has 0 saturated carbocycles. The van der Waals surface area contributed by atoms with Crippen LogP contribution in [0.2, 0.25) is 0 Å². The highest BCUT2D eigenvalue weighted by atomic mass is 14.5. The van der Waals surface area contributed by atoms with Gasteiger partial charge in [-0.1, -0.05) is 371 Å². The second-order valence-corrected chi connectivity index (χ2v) is 25.5. The number of aryl methyl sites for hydroxylation is 5. The van der Waals surface area contributed by atoms with Crippen molar-refractivity contribution in [1.29, 1.82) is 0 Å². The maximum Gasteiger partial charge on any atom is 0.0725 e. The van der Waals surface area contributed by atoms with Crippen molar-refractivity contribution >= 4 is 21.5 Å². The SMILES string of the molecule is C.CC1(c2ccccc2)c2ccccc2-c2ccccc21.Cc1ccc2c(c1)C(C)(C)c1ccccc1-2.Cc1ccc2c(c1)C1(c3ccccc3-c3ccccc31)c1ccccc1-2.Cc1ccc2ccccc2c1.Cc1cccc2ccccc12.Cc1ccccc1. The Morgan fingerprint density at radius 1 is 0.217 bits per heavy atom. The highest BCUT2D eigenvalue weighted by molar-refractivity contribution is 5.95. The third-order valence-electron chi connectivity index (χ3n) is 19.3. The maximum atomic E-state index is 2.40. The highest BCUT2D eigenvalue weighted by Crippen LogP contribution is 2.63. The molecule has 14 aromatic carbocycles. The molecule has 4 aliphatic carbocycles. The average molecular weight is 1190 g/mol. The molecule has 0 saturated heterocycles. The molecule has 0 nitrogen and oxygen atoms in total. The first-order valence-electron chi connectivity index (χ1n) is 32.1. The van der Waals surface area contributed by atoms with E-state index in [0.29, 0.717) is 0 Å². The average Bonchev–Trinajstić information content (AvgIpc) is 1.51. The predicted octanol–water partition coefficient (Wildman–Crippen LogP) is 24.6. The summed E-state index contributed by atoms with van der Waals surface area (Å²) in [5.74, 6) is 0. The molecule has 4 aliphatic rings. The van der Waals surface area contributed by atoms with Gasteiger partial charge in [-0.15, -0.1) is 0 Å². The molecule has 18 rings (SSSR count). The summed E-state index contributed by atoms with van der Waals surface area (Å²) in [5, 5.41) is 5.33. The van der Waals surface area contributed by atoms with E-state index in [1.807, 2.05) is 18.2 Å². The van der Waals surface area contributed by atoms with Crippen LogP contribution in [0.5, 0.6) is 0 Å². The monoisotopic (exact) mass is 1190 g/mol. The zero-order chi connectivity index (χ0) is 62.7. The molecule has 92 heavy (non-hydrogen) atoms. The van der Waals surface area contributed by atoms with Crippen molar-refractivity contribution in [3.63, 3.8) is 0 Å². The van der Waals surface area contributed by atoms with Crippen LogP contribution in [0.4, 0.5) is 0 Å². The van der Waals surface area contributed by atoms with Gasteiger partial charge in [0.1, 0.15) is 0 Å².